The average Bonchev–Trinajstić information content (AvgIpc) is 2.93. The van der Waals surface area contributed by atoms with Gasteiger partial charge in [-0.3, -0.25) is 4.79 Å². The van der Waals surface area contributed by atoms with Crippen LogP contribution in [0.15, 0.2) is 30.5 Å². The van der Waals surface area contributed by atoms with Gasteiger partial charge in [0.1, 0.15) is 17.0 Å². The molecule has 5 heteroatoms. The second-order valence-corrected chi connectivity index (χ2v) is 6.07. The maximum absolute atomic E-state index is 11.9. The summed E-state index contributed by atoms with van der Waals surface area (Å²) in [5.74, 6) is 0.971. The van der Waals surface area contributed by atoms with Crippen LogP contribution in [0.3, 0.4) is 0 Å². The van der Waals surface area contributed by atoms with Crippen molar-refractivity contribution >= 4 is 23.2 Å². The number of hydrogen-bond acceptors (Lipinski definition) is 3. The van der Waals surface area contributed by atoms with Crippen molar-refractivity contribution in [1.82, 2.24) is 4.98 Å². The van der Waals surface area contributed by atoms with E-state index >= 15 is 0 Å². The molecule has 4 rings (SSSR count). The fourth-order valence-corrected chi connectivity index (χ4v) is 3.35. The normalized spacial score (nSPS) is 19.6. The Labute approximate surface area is 133 Å². The van der Waals surface area contributed by atoms with E-state index in [4.69, 9.17) is 16.3 Å². The van der Waals surface area contributed by atoms with Crippen molar-refractivity contribution in [2.45, 2.75) is 25.9 Å². The van der Waals surface area contributed by atoms with Crippen LogP contribution in [-0.2, 0) is 4.79 Å². The fourth-order valence-electron chi connectivity index (χ4n) is 3.18. The Morgan fingerprint density at radius 3 is 2.95 bits per heavy atom. The van der Waals surface area contributed by atoms with Crippen LogP contribution in [0.5, 0.6) is 5.75 Å². The molecule has 0 N–H and O–H groups in total. The zero-order valence-corrected chi connectivity index (χ0v) is 12.9. The zero-order valence-electron chi connectivity index (χ0n) is 12.2. The Balaban J connectivity index is 1.81. The van der Waals surface area contributed by atoms with Crippen molar-refractivity contribution < 1.29 is 9.53 Å². The first-order valence-corrected chi connectivity index (χ1v) is 7.78. The molecule has 1 aromatic carbocycles. The van der Waals surface area contributed by atoms with Crippen molar-refractivity contribution in [2.75, 3.05) is 11.4 Å². The Morgan fingerprint density at radius 1 is 1.32 bits per heavy atom. The number of nitrogens with zero attached hydrogens (tertiary/aromatic N) is 2. The van der Waals surface area contributed by atoms with Gasteiger partial charge in [-0.2, -0.15) is 0 Å². The third-order valence-electron chi connectivity index (χ3n) is 4.28. The number of rotatable bonds is 1. The molecular weight excluding hydrogens is 300 g/mol. The quantitative estimate of drug-likeness (QED) is 0.748. The summed E-state index contributed by atoms with van der Waals surface area (Å²) in [6.07, 6.45) is 3.24. The molecule has 1 fully saturated rings. The van der Waals surface area contributed by atoms with Crippen molar-refractivity contribution in [3.63, 3.8) is 0 Å². The van der Waals surface area contributed by atoms with Gasteiger partial charge in [0.25, 0.3) is 0 Å². The molecule has 1 saturated heterocycles. The number of pyridine rings is 1. The maximum atomic E-state index is 11.9. The summed E-state index contributed by atoms with van der Waals surface area (Å²) in [6, 6.07) is 7.77. The van der Waals surface area contributed by atoms with Gasteiger partial charge in [-0.05, 0) is 31.5 Å². The average molecular weight is 315 g/mol. The number of ether oxygens (including phenoxy) is 1. The van der Waals surface area contributed by atoms with Crippen LogP contribution < -0.4 is 9.64 Å². The van der Waals surface area contributed by atoms with Crippen LogP contribution in [0.1, 0.15) is 31.4 Å². The number of benzene rings is 1. The molecule has 0 unspecified atom stereocenters. The summed E-state index contributed by atoms with van der Waals surface area (Å²) in [4.78, 5) is 17.9. The molecule has 2 aliphatic rings. The number of halogens is 1. The summed E-state index contributed by atoms with van der Waals surface area (Å²) >= 11 is 5.99. The van der Waals surface area contributed by atoms with Crippen LogP contribution in [0, 0.1) is 0 Å². The Bertz CT molecular complexity index is 775. The summed E-state index contributed by atoms with van der Waals surface area (Å²) in [5.41, 5.74) is 3.97. The van der Waals surface area contributed by atoms with Crippen LogP contribution in [0.4, 0.5) is 5.69 Å². The molecule has 0 bridgehead atoms. The molecule has 0 aliphatic carbocycles. The van der Waals surface area contributed by atoms with Gasteiger partial charge in [-0.15, -0.1) is 0 Å². The molecule has 1 atom stereocenters. The molecule has 4 nitrogen and oxygen atoms in total. The third kappa shape index (κ3) is 2.06. The molecule has 0 spiro atoms. The van der Waals surface area contributed by atoms with Gasteiger partial charge in [0, 0.05) is 47.6 Å². The Hall–Kier alpha value is -2.07. The molecular formula is C17H15ClN2O2. The minimum Gasteiger partial charge on any atom is -0.485 e. The molecule has 1 aromatic heterocycles. The molecule has 2 aliphatic heterocycles. The van der Waals surface area contributed by atoms with Gasteiger partial charge in [-0.1, -0.05) is 11.6 Å². The number of anilines is 1. The lowest BCUT2D eigenvalue weighted by Gasteiger charge is -2.27. The molecule has 112 valence electrons. The molecule has 0 saturated carbocycles. The highest BCUT2D eigenvalue weighted by molar-refractivity contribution is 6.29. The van der Waals surface area contributed by atoms with Crippen LogP contribution in [0.25, 0.3) is 11.1 Å². The lowest BCUT2D eigenvalue weighted by molar-refractivity contribution is -0.117. The molecule has 3 heterocycles. The van der Waals surface area contributed by atoms with E-state index in [1.54, 1.807) is 6.20 Å². The van der Waals surface area contributed by atoms with E-state index in [1.807, 2.05) is 36.1 Å². The maximum Gasteiger partial charge on any atom is 0.227 e. The van der Waals surface area contributed by atoms with E-state index in [-0.39, 0.29) is 12.0 Å². The van der Waals surface area contributed by atoms with Gasteiger partial charge in [-0.25, -0.2) is 4.98 Å². The first-order chi connectivity index (χ1) is 10.6. The predicted octanol–water partition coefficient (Wildman–Crippen LogP) is 3.98. The van der Waals surface area contributed by atoms with E-state index in [0.717, 1.165) is 41.1 Å². The number of fused-ring (bicyclic) bond motifs is 3. The van der Waals surface area contributed by atoms with Gasteiger partial charge >= 0.3 is 0 Å². The molecule has 22 heavy (non-hydrogen) atoms. The Morgan fingerprint density at radius 2 is 2.18 bits per heavy atom. The van der Waals surface area contributed by atoms with Crippen LogP contribution >= 0.6 is 11.6 Å². The van der Waals surface area contributed by atoms with Gasteiger partial charge in [0.15, 0.2) is 0 Å². The summed E-state index contributed by atoms with van der Waals surface area (Å²) in [5, 5.41) is 0.469. The van der Waals surface area contributed by atoms with Crippen molar-refractivity contribution in [3.05, 3.63) is 41.2 Å². The highest BCUT2D eigenvalue weighted by Crippen LogP contribution is 2.44. The summed E-state index contributed by atoms with van der Waals surface area (Å²) in [6.45, 7) is 2.77. The third-order valence-corrected chi connectivity index (χ3v) is 4.49. The lowest BCUT2D eigenvalue weighted by atomic mass is 9.95. The minimum absolute atomic E-state index is 0.0903. The second kappa shape index (κ2) is 4.99. The van der Waals surface area contributed by atoms with E-state index in [1.165, 1.54) is 0 Å². The topological polar surface area (TPSA) is 42.4 Å². The first kappa shape index (κ1) is 13.6. The van der Waals surface area contributed by atoms with Crippen molar-refractivity contribution in [3.8, 4) is 16.9 Å². The fraction of sp³-hybridized carbons (Fsp3) is 0.294. The number of carbonyl (C=O) groups is 1. The van der Waals surface area contributed by atoms with Crippen molar-refractivity contribution in [2.24, 2.45) is 0 Å². The smallest absolute Gasteiger partial charge is 0.227 e. The summed E-state index contributed by atoms with van der Waals surface area (Å²) in [7, 11) is 0. The largest absolute Gasteiger partial charge is 0.485 e. The second-order valence-electron chi connectivity index (χ2n) is 5.68. The first-order valence-electron chi connectivity index (χ1n) is 7.40. The predicted molar refractivity (Wildman–Crippen MR) is 85.3 cm³/mol. The number of carbonyl (C=O) groups excluding carboxylic acids is 1. The monoisotopic (exact) mass is 314 g/mol. The molecule has 2 aromatic rings. The number of amides is 1. The molecule has 1 amide bonds. The van der Waals surface area contributed by atoms with Crippen LogP contribution in [-0.4, -0.2) is 17.4 Å². The number of hydrogen-bond donors (Lipinski definition) is 0. The van der Waals surface area contributed by atoms with Crippen LogP contribution in [0.2, 0.25) is 5.15 Å². The Kier molecular flexibility index (Phi) is 3.08. The van der Waals surface area contributed by atoms with E-state index in [0.29, 0.717) is 11.6 Å². The highest BCUT2D eigenvalue weighted by Gasteiger charge is 2.27. The van der Waals surface area contributed by atoms with E-state index < -0.39 is 0 Å². The standard InChI is InChI=1S/C17H15ClN2O2/c1-10-13-8-16(18)19-9-14(13)12-5-4-11(7-15(12)22-10)20-6-2-3-17(20)21/h4-5,7-10H,2-3,6H2,1H3/t10-/m0/s1. The summed E-state index contributed by atoms with van der Waals surface area (Å²) < 4.78 is 6.02. The van der Waals surface area contributed by atoms with Gasteiger partial charge < -0.3 is 9.64 Å². The van der Waals surface area contributed by atoms with Crippen molar-refractivity contribution in [1.29, 1.82) is 0 Å². The molecule has 0 radical (unpaired) electrons. The minimum atomic E-state index is -0.0903. The van der Waals surface area contributed by atoms with Gasteiger partial charge in [0.05, 0.1) is 0 Å². The number of aromatic nitrogens is 1. The lowest BCUT2D eigenvalue weighted by Crippen LogP contribution is -2.23. The zero-order chi connectivity index (χ0) is 15.3. The van der Waals surface area contributed by atoms with E-state index in [2.05, 4.69) is 4.98 Å². The van der Waals surface area contributed by atoms with Gasteiger partial charge in [0.2, 0.25) is 5.91 Å². The van der Waals surface area contributed by atoms with E-state index in [9.17, 15) is 4.79 Å². The SMILES string of the molecule is C[C@@H]1Oc2cc(N3CCCC3=O)ccc2-c2cnc(Cl)cc21. The highest BCUT2D eigenvalue weighted by atomic mass is 35.5.